The summed E-state index contributed by atoms with van der Waals surface area (Å²) >= 11 is 0. The molecule has 2 fully saturated rings. The van der Waals surface area contributed by atoms with E-state index in [1.165, 1.54) is 18.4 Å². The number of nitrogens with zero attached hydrogens (tertiary/aromatic N) is 2. The van der Waals surface area contributed by atoms with E-state index < -0.39 is 0 Å². The summed E-state index contributed by atoms with van der Waals surface area (Å²) in [6, 6.07) is 5.12. The Labute approximate surface area is 138 Å². The lowest BCUT2D eigenvalue weighted by Gasteiger charge is -2.43. The zero-order valence-electron chi connectivity index (χ0n) is 14.2. The van der Waals surface area contributed by atoms with Crippen LogP contribution in [-0.2, 0) is 11.3 Å². The van der Waals surface area contributed by atoms with Crippen molar-refractivity contribution in [1.29, 1.82) is 0 Å². The summed E-state index contributed by atoms with van der Waals surface area (Å²) in [6.07, 6.45) is 7.65. The number of amides is 1. The number of piperidine rings is 2. The number of carbonyl (C=O) groups excluding carboxylic acids is 1. The summed E-state index contributed by atoms with van der Waals surface area (Å²) in [5.74, 6) is 0.181. The summed E-state index contributed by atoms with van der Waals surface area (Å²) < 4.78 is 0. The summed E-state index contributed by atoms with van der Waals surface area (Å²) in [6.45, 7) is 7.51. The number of nitrogens with one attached hydrogen (secondary N) is 2. The number of hydrogen-bond donors (Lipinski definition) is 2. The summed E-state index contributed by atoms with van der Waals surface area (Å²) in [5.41, 5.74) is 1.19. The molecule has 0 aliphatic carbocycles. The van der Waals surface area contributed by atoms with Crippen molar-refractivity contribution in [2.75, 3.05) is 13.1 Å². The van der Waals surface area contributed by atoms with E-state index in [1.54, 1.807) is 0 Å². The fourth-order valence-corrected chi connectivity index (χ4v) is 3.73. The molecule has 1 aromatic heterocycles. The molecule has 1 unspecified atom stereocenters. The van der Waals surface area contributed by atoms with E-state index in [4.69, 9.17) is 0 Å². The van der Waals surface area contributed by atoms with E-state index in [9.17, 15) is 4.79 Å². The Morgan fingerprint density at radius 2 is 1.96 bits per heavy atom. The highest BCUT2D eigenvalue weighted by atomic mass is 16.1. The summed E-state index contributed by atoms with van der Waals surface area (Å²) in [4.78, 5) is 18.2. The molecule has 3 rings (SSSR count). The van der Waals surface area contributed by atoms with Crippen molar-refractivity contribution < 1.29 is 4.79 Å². The van der Waals surface area contributed by atoms with Crippen molar-refractivity contribution in [3.05, 3.63) is 30.1 Å². The first-order chi connectivity index (χ1) is 11.0. The molecule has 1 amide bonds. The summed E-state index contributed by atoms with van der Waals surface area (Å²) in [7, 11) is 0. The average Bonchev–Trinajstić information content (AvgIpc) is 2.52. The Hall–Kier alpha value is -1.46. The minimum absolute atomic E-state index is 0.149. The number of pyridine rings is 1. The van der Waals surface area contributed by atoms with Gasteiger partial charge in [0.2, 0.25) is 5.91 Å². The van der Waals surface area contributed by atoms with Crippen LogP contribution in [0.3, 0.4) is 0 Å². The molecule has 3 heterocycles. The lowest BCUT2D eigenvalue weighted by atomic mass is 9.85. The molecule has 0 spiro atoms. The zero-order chi connectivity index (χ0) is 16.3. The van der Waals surface area contributed by atoms with Crippen LogP contribution in [0.1, 0.15) is 45.1 Å². The predicted octanol–water partition coefficient (Wildman–Crippen LogP) is 1.69. The van der Waals surface area contributed by atoms with Gasteiger partial charge in [-0.15, -0.1) is 0 Å². The number of rotatable bonds is 4. The van der Waals surface area contributed by atoms with Gasteiger partial charge in [0.25, 0.3) is 0 Å². The van der Waals surface area contributed by atoms with Crippen LogP contribution in [0, 0.1) is 0 Å². The first-order valence-corrected chi connectivity index (χ1v) is 8.71. The highest BCUT2D eigenvalue weighted by Gasteiger charge is 2.36. The number of hydrogen-bond acceptors (Lipinski definition) is 4. The normalized spacial score (nSPS) is 26.0. The van der Waals surface area contributed by atoms with Crippen LogP contribution in [0.5, 0.6) is 0 Å². The predicted molar refractivity (Wildman–Crippen MR) is 90.9 cm³/mol. The number of aromatic nitrogens is 1. The quantitative estimate of drug-likeness (QED) is 0.887. The van der Waals surface area contributed by atoms with Gasteiger partial charge in [-0.05, 0) is 63.9 Å². The van der Waals surface area contributed by atoms with Crippen molar-refractivity contribution in [3.8, 4) is 0 Å². The second kappa shape index (κ2) is 6.97. The minimum Gasteiger partial charge on any atom is -0.350 e. The second-order valence-electron chi connectivity index (χ2n) is 7.43. The largest absolute Gasteiger partial charge is 0.350 e. The molecule has 2 N–H and O–H groups in total. The molecule has 0 bridgehead atoms. The zero-order valence-corrected chi connectivity index (χ0v) is 14.2. The fourth-order valence-electron chi connectivity index (χ4n) is 3.73. The van der Waals surface area contributed by atoms with Crippen LogP contribution in [0.25, 0.3) is 0 Å². The molecular formula is C18H28N4O. The number of likely N-dealkylation sites (tertiary alicyclic amines) is 1. The summed E-state index contributed by atoms with van der Waals surface area (Å²) in [5, 5.41) is 6.92. The van der Waals surface area contributed by atoms with Crippen LogP contribution in [0.4, 0.5) is 0 Å². The third kappa shape index (κ3) is 4.30. The third-order valence-electron chi connectivity index (χ3n) is 5.17. The molecule has 2 saturated heterocycles. The van der Waals surface area contributed by atoms with Gasteiger partial charge in [0, 0.05) is 43.0 Å². The van der Waals surface area contributed by atoms with Gasteiger partial charge in [-0.1, -0.05) is 0 Å². The lowest BCUT2D eigenvalue weighted by molar-refractivity contribution is -0.125. The maximum Gasteiger partial charge on any atom is 0.220 e. The molecule has 0 saturated carbocycles. The van der Waals surface area contributed by atoms with Gasteiger partial charge < -0.3 is 10.6 Å². The molecule has 126 valence electrons. The lowest BCUT2D eigenvalue weighted by Crippen LogP contribution is -2.63. The van der Waals surface area contributed by atoms with Gasteiger partial charge >= 0.3 is 0 Å². The van der Waals surface area contributed by atoms with E-state index >= 15 is 0 Å². The molecule has 5 nitrogen and oxygen atoms in total. The van der Waals surface area contributed by atoms with Crippen LogP contribution < -0.4 is 10.6 Å². The van der Waals surface area contributed by atoms with Gasteiger partial charge in [-0.25, -0.2) is 0 Å². The molecule has 0 radical (unpaired) electrons. The Morgan fingerprint density at radius 1 is 1.26 bits per heavy atom. The minimum atomic E-state index is -0.149. The Kier molecular flexibility index (Phi) is 4.97. The topological polar surface area (TPSA) is 57.3 Å². The Balaban J connectivity index is 1.47. The maximum absolute atomic E-state index is 11.6. The van der Waals surface area contributed by atoms with Crippen LogP contribution in [-0.4, -0.2) is 46.5 Å². The maximum atomic E-state index is 11.6. The van der Waals surface area contributed by atoms with Gasteiger partial charge in [0.1, 0.15) is 0 Å². The third-order valence-corrected chi connectivity index (χ3v) is 5.17. The molecule has 5 heteroatoms. The smallest absolute Gasteiger partial charge is 0.220 e. The van der Waals surface area contributed by atoms with E-state index in [1.807, 2.05) is 12.4 Å². The highest BCUT2D eigenvalue weighted by molar-refractivity contribution is 5.77. The first-order valence-electron chi connectivity index (χ1n) is 8.71. The van der Waals surface area contributed by atoms with E-state index in [0.29, 0.717) is 18.5 Å². The van der Waals surface area contributed by atoms with Crippen LogP contribution >= 0.6 is 0 Å². The van der Waals surface area contributed by atoms with E-state index in [0.717, 1.165) is 26.1 Å². The van der Waals surface area contributed by atoms with Gasteiger partial charge in [-0.2, -0.15) is 0 Å². The van der Waals surface area contributed by atoms with Crippen molar-refractivity contribution in [1.82, 2.24) is 20.5 Å². The monoisotopic (exact) mass is 316 g/mol. The van der Waals surface area contributed by atoms with Gasteiger partial charge in [0.15, 0.2) is 0 Å². The SMILES string of the molecule is CC1(C)NC(=O)CCC1NC1CCN(Cc2ccncc2)CC1. The molecule has 1 aromatic rings. The van der Waals surface area contributed by atoms with Crippen molar-refractivity contribution in [3.63, 3.8) is 0 Å². The van der Waals surface area contributed by atoms with Crippen LogP contribution in [0.2, 0.25) is 0 Å². The highest BCUT2D eigenvalue weighted by Crippen LogP contribution is 2.22. The number of carbonyl (C=O) groups is 1. The first kappa shape index (κ1) is 16.4. The Bertz CT molecular complexity index is 523. The molecule has 0 aromatic carbocycles. The molecular weight excluding hydrogens is 288 g/mol. The van der Waals surface area contributed by atoms with Crippen molar-refractivity contribution in [2.45, 2.75) is 63.7 Å². The van der Waals surface area contributed by atoms with Crippen molar-refractivity contribution >= 4 is 5.91 Å². The molecule has 2 aliphatic heterocycles. The Morgan fingerprint density at radius 3 is 2.61 bits per heavy atom. The van der Waals surface area contributed by atoms with Crippen LogP contribution in [0.15, 0.2) is 24.5 Å². The molecule has 2 aliphatic rings. The standard InChI is InChI=1S/C18H28N4O/c1-18(2)16(3-4-17(23)21-18)20-15-7-11-22(12-8-15)13-14-5-9-19-10-6-14/h5-6,9-10,15-16,20H,3-4,7-8,11-13H2,1-2H3,(H,21,23). The van der Waals surface area contributed by atoms with Crippen molar-refractivity contribution in [2.24, 2.45) is 0 Å². The molecule has 1 atom stereocenters. The van der Waals surface area contributed by atoms with E-state index in [-0.39, 0.29) is 11.4 Å². The van der Waals surface area contributed by atoms with E-state index in [2.05, 4.69) is 46.5 Å². The fraction of sp³-hybridized carbons (Fsp3) is 0.667. The van der Waals surface area contributed by atoms with Gasteiger partial charge in [-0.3, -0.25) is 14.7 Å². The second-order valence-corrected chi connectivity index (χ2v) is 7.43. The van der Waals surface area contributed by atoms with Gasteiger partial charge in [0.05, 0.1) is 0 Å². The average molecular weight is 316 g/mol. The molecule has 23 heavy (non-hydrogen) atoms.